The first-order valence-corrected chi connectivity index (χ1v) is 7.13. The van der Waals surface area contributed by atoms with Crippen molar-refractivity contribution >= 4 is 0 Å². The summed E-state index contributed by atoms with van der Waals surface area (Å²) in [7, 11) is 1.98. The lowest BCUT2D eigenvalue weighted by Crippen LogP contribution is -2.29. The van der Waals surface area contributed by atoms with Gasteiger partial charge >= 0.3 is 0 Å². The van der Waals surface area contributed by atoms with Gasteiger partial charge in [0.25, 0.3) is 0 Å². The Hall–Kier alpha value is -1.65. The molecule has 3 N–H and O–H groups in total. The molecule has 0 aliphatic heterocycles. The smallest absolute Gasteiger partial charge is 0.0644 e. The first-order valence-electron chi connectivity index (χ1n) is 7.13. The highest BCUT2D eigenvalue weighted by molar-refractivity contribution is 5.28. The Morgan fingerprint density at radius 2 is 1.95 bits per heavy atom. The van der Waals surface area contributed by atoms with Crippen molar-refractivity contribution in [1.29, 1.82) is 0 Å². The average Bonchev–Trinajstić information content (AvgIpc) is 2.70. The molecule has 0 amide bonds. The number of nitrogens with two attached hydrogens (primary N) is 1. The summed E-state index contributed by atoms with van der Waals surface area (Å²) < 4.78 is 1.92. The number of aryl methyl sites for hydroxylation is 3. The van der Waals surface area contributed by atoms with E-state index in [-0.39, 0.29) is 6.04 Å². The van der Waals surface area contributed by atoms with E-state index in [9.17, 15) is 0 Å². The third-order valence-corrected chi connectivity index (χ3v) is 3.92. The zero-order valence-electron chi connectivity index (χ0n) is 12.6. The second-order valence-corrected chi connectivity index (χ2v) is 5.31. The van der Waals surface area contributed by atoms with Gasteiger partial charge in [0.1, 0.15) is 0 Å². The minimum Gasteiger partial charge on any atom is -0.272 e. The SMILES string of the molecule is Cc1nn(C)c(C)c1C(CCCc1ccccc1)NN. The summed E-state index contributed by atoms with van der Waals surface area (Å²) in [6, 6.07) is 10.7. The van der Waals surface area contributed by atoms with Crippen molar-refractivity contribution in [2.75, 3.05) is 0 Å². The van der Waals surface area contributed by atoms with Crippen LogP contribution in [-0.2, 0) is 13.5 Å². The molecule has 0 radical (unpaired) electrons. The van der Waals surface area contributed by atoms with E-state index in [0.717, 1.165) is 25.0 Å². The second kappa shape index (κ2) is 6.68. The third kappa shape index (κ3) is 3.26. The normalized spacial score (nSPS) is 12.6. The molecule has 0 saturated carbocycles. The minimum atomic E-state index is 0.174. The Labute approximate surface area is 121 Å². The molecular weight excluding hydrogens is 248 g/mol. The molecule has 2 aromatic rings. The Kier molecular flexibility index (Phi) is 4.93. The van der Waals surface area contributed by atoms with Crippen molar-refractivity contribution in [2.45, 2.75) is 39.2 Å². The highest BCUT2D eigenvalue weighted by Gasteiger charge is 2.18. The van der Waals surface area contributed by atoms with Gasteiger partial charge < -0.3 is 0 Å². The molecule has 1 aromatic heterocycles. The van der Waals surface area contributed by atoms with Crippen LogP contribution in [0.3, 0.4) is 0 Å². The largest absolute Gasteiger partial charge is 0.272 e. The van der Waals surface area contributed by atoms with E-state index < -0.39 is 0 Å². The molecule has 108 valence electrons. The van der Waals surface area contributed by atoms with Crippen LogP contribution in [0.1, 0.15) is 41.4 Å². The maximum atomic E-state index is 5.74. The van der Waals surface area contributed by atoms with Crippen LogP contribution < -0.4 is 11.3 Å². The molecule has 1 heterocycles. The maximum Gasteiger partial charge on any atom is 0.0644 e. The molecule has 4 nitrogen and oxygen atoms in total. The van der Waals surface area contributed by atoms with Crippen LogP contribution in [0.25, 0.3) is 0 Å². The summed E-state index contributed by atoms with van der Waals surface area (Å²) in [4.78, 5) is 0. The van der Waals surface area contributed by atoms with Crippen LogP contribution in [-0.4, -0.2) is 9.78 Å². The number of hydrogen-bond acceptors (Lipinski definition) is 3. The fourth-order valence-corrected chi connectivity index (χ4v) is 2.76. The Balaban J connectivity index is 1.99. The number of benzene rings is 1. The van der Waals surface area contributed by atoms with Crippen molar-refractivity contribution in [2.24, 2.45) is 12.9 Å². The molecule has 0 aliphatic carbocycles. The van der Waals surface area contributed by atoms with Gasteiger partial charge in [0, 0.05) is 24.3 Å². The molecule has 0 fully saturated rings. The maximum absolute atomic E-state index is 5.74. The van der Waals surface area contributed by atoms with E-state index in [2.05, 4.69) is 47.8 Å². The van der Waals surface area contributed by atoms with Gasteiger partial charge in [0.2, 0.25) is 0 Å². The Bertz CT molecular complexity index is 545. The van der Waals surface area contributed by atoms with Crippen molar-refractivity contribution in [3.8, 4) is 0 Å². The standard InChI is InChI=1S/C16H24N4/c1-12-16(13(2)20(3)19-12)15(18-17)11-7-10-14-8-5-4-6-9-14/h4-6,8-9,15,18H,7,10-11,17H2,1-3H3. The zero-order chi connectivity index (χ0) is 14.5. The summed E-state index contributed by atoms with van der Waals surface area (Å²) in [5.41, 5.74) is 7.81. The van der Waals surface area contributed by atoms with Crippen molar-refractivity contribution in [1.82, 2.24) is 15.2 Å². The summed E-state index contributed by atoms with van der Waals surface area (Å²) in [5, 5.41) is 4.47. The van der Waals surface area contributed by atoms with Gasteiger partial charge in [-0.1, -0.05) is 30.3 Å². The second-order valence-electron chi connectivity index (χ2n) is 5.31. The van der Waals surface area contributed by atoms with Crippen LogP contribution in [0.2, 0.25) is 0 Å². The van der Waals surface area contributed by atoms with Crippen LogP contribution >= 0.6 is 0 Å². The molecule has 1 unspecified atom stereocenters. The molecule has 0 bridgehead atoms. The van der Waals surface area contributed by atoms with E-state index in [0.29, 0.717) is 0 Å². The van der Waals surface area contributed by atoms with E-state index in [1.54, 1.807) is 0 Å². The minimum absolute atomic E-state index is 0.174. The predicted molar refractivity (Wildman–Crippen MR) is 82.1 cm³/mol. The van der Waals surface area contributed by atoms with Crippen LogP contribution in [0.5, 0.6) is 0 Å². The zero-order valence-corrected chi connectivity index (χ0v) is 12.6. The quantitative estimate of drug-likeness (QED) is 0.627. The topological polar surface area (TPSA) is 55.9 Å². The Morgan fingerprint density at radius 3 is 2.50 bits per heavy atom. The van der Waals surface area contributed by atoms with Gasteiger partial charge in [-0.25, -0.2) is 0 Å². The van der Waals surface area contributed by atoms with E-state index in [1.807, 2.05) is 18.7 Å². The first kappa shape index (κ1) is 14.8. The molecule has 1 aromatic carbocycles. The summed E-state index contributed by atoms with van der Waals surface area (Å²) in [6.07, 6.45) is 3.20. The molecule has 2 rings (SSSR count). The molecule has 0 spiro atoms. The van der Waals surface area contributed by atoms with Gasteiger partial charge in [-0.2, -0.15) is 5.10 Å². The summed E-state index contributed by atoms with van der Waals surface area (Å²) in [6.45, 7) is 4.14. The number of nitrogens with one attached hydrogen (secondary N) is 1. The van der Waals surface area contributed by atoms with Crippen LogP contribution in [0.15, 0.2) is 30.3 Å². The molecule has 20 heavy (non-hydrogen) atoms. The lowest BCUT2D eigenvalue weighted by molar-refractivity contribution is 0.494. The Morgan fingerprint density at radius 1 is 1.25 bits per heavy atom. The molecule has 1 atom stereocenters. The van der Waals surface area contributed by atoms with E-state index >= 15 is 0 Å². The molecule has 0 saturated heterocycles. The van der Waals surface area contributed by atoms with Gasteiger partial charge in [-0.05, 0) is 38.7 Å². The van der Waals surface area contributed by atoms with Gasteiger partial charge in [-0.3, -0.25) is 16.0 Å². The number of rotatable bonds is 6. The highest BCUT2D eigenvalue weighted by atomic mass is 15.3. The summed E-state index contributed by atoms with van der Waals surface area (Å²) in [5.74, 6) is 5.74. The third-order valence-electron chi connectivity index (χ3n) is 3.92. The number of aromatic nitrogens is 2. The fraction of sp³-hybridized carbons (Fsp3) is 0.438. The van der Waals surface area contributed by atoms with Gasteiger partial charge in [-0.15, -0.1) is 0 Å². The van der Waals surface area contributed by atoms with Gasteiger partial charge in [0.05, 0.1) is 5.69 Å². The lowest BCUT2D eigenvalue weighted by Gasteiger charge is -2.16. The van der Waals surface area contributed by atoms with Crippen molar-refractivity contribution in [3.05, 3.63) is 52.8 Å². The van der Waals surface area contributed by atoms with Crippen LogP contribution in [0.4, 0.5) is 0 Å². The molecule has 4 heteroatoms. The van der Waals surface area contributed by atoms with Crippen LogP contribution in [0, 0.1) is 13.8 Å². The van der Waals surface area contributed by atoms with Gasteiger partial charge in [0.15, 0.2) is 0 Å². The van der Waals surface area contributed by atoms with Crippen molar-refractivity contribution in [3.63, 3.8) is 0 Å². The van der Waals surface area contributed by atoms with Crippen molar-refractivity contribution < 1.29 is 0 Å². The average molecular weight is 272 g/mol. The monoisotopic (exact) mass is 272 g/mol. The highest BCUT2D eigenvalue weighted by Crippen LogP contribution is 2.25. The predicted octanol–water partition coefficient (Wildman–Crippen LogP) is 2.56. The number of hydrazine groups is 1. The van der Waals surface area contributed by atoms with E-state index in [4.69, 9.17) is 5.84 Å². The van der Waals surface area contributed by atoms with E-state index in [1.165, 1.54) is 16.8 Å². The fourth-order valence-electron chi connectivity index (χ4n) is 2.76. The molecule has 0 aliphatic rings. The molecular formula is C16H24N4. The number of hydrogen-bond donors (Lipinski definition) is 2. The number of nitrogens with zero attached hydrogens (tertiary/aromatic N) is 2. The first-order chi connectivity index (χ1) is 9.63. The summed E-state index contributed by atoms with van der Waals surface area (Å²) >= 11 is 0. The lowest BCUT2D eigenvalue weighted by atomic mass is 9.98.